The first kappa shape index (κ1) is 18.9. The number of aryl methyl sites for hydroxylation is 1. The lowest BCUT2D eigenvalue weighted by Crippen LogP contribution is -2.17. The summed E-state index contributed by atoms with van der Waals surface area (Å²) in [6.07, 6.45) is 0. The Morgan fingerprint density at radius 2 is 1.72 bits per heavy atom. The highest BCUT2D eigenvalue weighted by atomic mass is 35.5. The second-order valence-corrected chi connectivity index (χ2v) is 7.18. The highest BCUT2D eigenvalue weighted by Gasteiger charge is 2.16. The van der Waals surface area contributed by atoms with E-state index in [1.165, 1.54) is 0 Å². The zero-order chi connectivity index (χ0) is 20.4. The van der Waals surface area contributed by atoms with Crippen molar-refractivity contribution in [1.82, 2.24) is 9.97 Å². The van der Waals surface area contributed by atoms with E-state index in [0.717, 1.165) is 22.2 Å². The summed E-state index contributed by atoms with van der Waals surface area (Å²) in [4.78, 5) is 21.8. The number of para-hydroxylation sites is 1. The maximum atomic E-state index is 12.9. The fourth-order valence-electron chi connectivity index (χ4n) is 3.05. The Labute approximate surface area is 173 Å². The Bertz CT molecular complexity index is 1220. The molecule has 0 radical (unpaired) electrons. The Hall–Kier alpha value is -3.44. The van der Waals surface area contributed by atoms with Gasteiger partial charge in [0, 0.05) is 21.8 Å². The second kappa shape index (κ2) is 7.89. The number of anilines is 3. The molecule has 144 valence electrons. The van der Waals surface area contributed by atoms with Crippen molar-refractivity contribution >= 4 is 45.6 Å². The fourth-order valence-corrected chi connectivity index (χ4v) is 3.23. The highest BCUT2D eigenvalue weighted by molar-refractivity contribution is 6.31. The molecule has 3 aromatic carbocycles. The lowest BCUT2D eigenvalue weighted by atomic mass is 10.2. The van der Waals surface area contributed by atoms with Crippen molar-refractivity contribution < 1.29 is 4.79 Å². The Morgan fingerprint density at radius 1 is 0.931 bits per heavy atom. The van der Waals surface area contributed by atoms with Gasteiger partial charge in [-0.15, -0.1) is 0 Å². The zero-order valence-electron chi connectivity index (χ0n) is 16.0. The van der Waals surface area contributed by atoms with E-state index in [9.17, 15) is 4.79 Å². The number of benzene rings is 3. The van der Waals surface area contributed by atoms with Crippen LogP contribution in [-0.2, 0) is 0 Å². The number of aromatic nitrogens is 2. The summed E-state index contributed by atoms with van der Waals surface area (Å²) in [5.41, 5.74) is 4.13. The highest BCUT2D eigenvalue weighted by Crippen LogP contribution is 2.26. The summed E-state index contributed by atoms with van der Waals surface area (Å²) in [6.45, 7) is 3.87. The first-order valence-electron chi connectivity index (χ1n) is 9.18. The van der Waals surface area contributed by atoms with Crippen molar-refractivity contribution in [2.24, 2.45) is 0 Å². The van der Waals surface area contributed by atoms with Crippen molar-refractivity contribution in [3.63, 3.8) is 0 Å². The van der Waals surface area contributed by atoms with Crippen LogP contribution in [0, 0.1) is 13.8 Å². The summed E-state index contributed by atoms with van der Waals surface area (Å²) >= 11 is 6.16. The normalized spacial score (nSPS) is 10.7. The van der Waals surface area contributed by atoms with E-state index < -0.39 is 5.91 Å². The van der Waals surface area contributed by atoms with Crippen LogP contribution in [0.1, 0.15) is 21.7 Å². The Balaban J connectivity index is 1.73. The van der Waals surface area contributed by atoms with Gasteiger partial charge in [-0.1, -0.05) is 41.9 Å². The third kappa shape index (κ3) is 4.05. The molecular formula is C23H19ClN4O. The molecule has 4 aromatic rings. The molecule has 0 saturated carbocycles. The largest absolute Gasteiger partial charge is 0.340 e. The van der Waals surface area contributed by atoms with Crippen LogP contribution in [0.3, 0.4) is 0 Å². The van der Waals surface area contributed by atoms with Crippen molar-refractivity contribution in [1.29, 1.82) is 0 Å². The zero-order valence-corrected chi connectivity index (χ0v) is 16.8. The van der Waals surface area contributed by atoms with Gasteiger partial charge in [-0.3, -0.25) is 4.79 Å². The number of hydrogen-bond donors (Lipinski definition) is 2. The lowest BCUT2D eigenvalue weighted by molar-refractivity contribution is 0.101. The standard InChI is InChI=1S/C23H19ClN4O/c1-14-7-5-8-16(13-14)25-21-17-9-3-4-11-20(17)26-22(28-21)23(29)27-19-12-6-10-18(24)15(19)2/h3-13H,1-2H3,(H,27,29)(H,25,26,28). The van der Waals surface area contributed by atoms with Gasteiger partial charge in [0.1, 0.15) is 5.82 Å². The van der Waals surface area contributed by atoms with E-state index in [2.05, 4.69) is 20.6 Å². The molecule has 1 aromatic heterocycles. The van der Waals surface area contributed by atoms with Crippen molar-refractivity contribution in [3.05, 3.63) is 88.7 Å². The van der Waals surface area contributed by atoms with Gasteiger partial charge in [-0.05, 0) is 61.4 Å². The van der Waals surface area contributed by atoms with Gasteiger partial charge in [-0.25, -0.2) is 9.97 Å². The van der Waals surface area contributed by atoms with Crippen LogP contribution < -0.4 is 10.6 Å². The molecule has 0 atom stereocenters. The molecule has 0 aliphatic carbocycles. The summed E-state index contributed by atoms with van der Waals surface area (Å²) in [5, 5.41) is 7.60. The van der Waals surface area contributed by atoms with Crippen LogP contribution in [0.5, 0.6) is 0 Å². The van der Waals surface area contributed by atoms with Crippen molar-refractivity contribution in [2.45, 2.75) is 13.8 Å². The van der Waals surface area contributed by atoms with E-state index >= 15 is 0 Å². The molecule has 2 N–H and O–H groups in total. The molecule has 1 heterocycles. The Kier molecular flexibility index (Phi) is 5.14. The third-order valence-corrected chi connectivity index (χ3v) is 5.01. The SMILES string of the molecule is Cc1cccc(Nc2nc(C(=O)Nc3cccc(Cl)c3C)nc3ccccc23)c1. The first-order valence-corrected chi connectivity index (χ1v) is 9.56. The van der Waals surface area contributed by atoms with Crippen LogP contribution in [0.2, 0.25) is 5.02 Å². The Morgan fingerprint density at radius 3 is 2.55 bits per heavy atom. The van der Waals surface area contributed by atoms with Gasteiger partial charge in [0.05, 0.1) is 5.52 Å². The van der Waals surface area contributed by atoms with Crippen LogP contribution in [-0.4, -0.2) is 15.9 Å². The number of nitrogens with zero attached hydrogens (tertiary/aromatic N) is 2. The number of nitrogens with one attached hydrogen (secondary N) is 2. The van der Waals surface area contributed by atoms with Gasteiger partial charge < -0.3 is 10.6 Å². The molecule has 29 heavy (non-hydrogen) atoms. The summed E-state index contributed by atoms with van der Waals surface area (Å²) in [6, 6.07) is 20.9. The van der Waals surface area contributed by atoms with Gasteiger partial charge in [0.25, 0.3) is 5.91 Å². The number of fused-ring (bicyclic) bond motifs is 1. The summed E-state index contributed by atoms with van der Waals surface area (Å²) < 4.78 is 0. The number of amides is 1. The molecule has 0 bridgehead atoms. The van der Waals surface area contributed by atoms with E-state index in [1.54, 1.807) is 18.2 Å². The molecule has 6 heteroatoms. The van der Waals surface area contributed by atoms with E-state index in [0.29, 0.717) is 22.0 Å². The number of carbonyl (C=O) groups excluding carboxylic acids is 1. The summed E-state index contributed by atoms with van der Waals surface area (Å²) in [7, 11) is 0. The van der Waals surface area contributed by atoms with Crippen molar-refractivity contribution in [2.75, 3.05) is 10.6 Å². The molecule has 5 nitrogen and oxygen atoms in total. The van der Waals surface area contributed by atoms with Crippen LogP contribution in [0.15, 0.2) is 66.7 Å². The minimum Gasteiger partial charge on any atom is -0.340 e. The van der Waals surface area contributed by atoms with Crippen molar-refractivity contribution in [3.8, 4) is 0 Å². The molecule has 0 fully saturated rings. The first-order chi connectivity index (χ1) is 14.0. The molecule has 1 amide bonds. The van der Waals surface area contributed by atoms with Gasteiger partial charge in [0.2, 0.25) is 5.82 Å². The summed E-state index contributed by atoms with van der Waals surface area (Å²) in [5.74, 6) is 0.265. The monoisotopic (exact) mass is 402 g/mol. The molecule has 0 aliphatic heterocycles. The average Bonchev–Trinajstić information content (AvgIpc) is 2.71. The molecule has 0 aliphatic rings. The van der Waals surface area contributed by atoms with Crippen LogP contribution in [0.4, 0.5) is 17.2 Å². The smallest absolute Gasteiger partial charge is 0.293 e. The minimum absolute atomic E-state index is 0.0817. The molecule has 0 spiro atoms. The molecule has 0 saturated heterocycles. The van der Waals surface area contributed by atoms with Gasteiger partial charge in [0.15, 0.2) is 0 Å². The average molecular weight is 403 g/mol. The lowest BCUT2D eigenvalue weighted by Gasteiger charge is -2.12. The maximum Gasteiger partial charge on any atom is 0.293 e. The third-order valence-electron chi connectivity index (χ3n) is 4.60. The van der Waals surface area contributed by atoms with Crippen LogP contribution in [0.25, 0.3) is 10.9 Å². The maximum absolute atomic E-state index is 12.9. The second-order valence-electron chi connectivity index (χ2n) is 6.77. The number of hydrogen-bond acceptors (Lipinski definition) is 4. The minimum atomic E-state index is -0.395. The van der Waals surface area contributed by atoms with E-state index in [1.807, 2.05) is 62.4 Å². The molecule has 0 unspecified atom stereocenters. The quantitative estimate of drug-likeness (QED) is 0.446. The number of halogens is 1. The predicted molar refractivity (Wildman–Crippen MR) is 118 cm³/mol. The number of carbonyl (C=O) groups is 1. The number of rotatable bonds is 4. The molecule has 4 rings (SSSR count). The van der Waals surface area contributed by atoms with Gasteiger partial charge >= 0.3 is 0 Å². The van der Waals surface area contributed by atoms with Gasteiger partial charge in [-0.2, -0.15) is 0 Å². The predicted octanol–water partition coefficient (Wildman–Crippen LogP) is 5.90. The topological polar surface area (TPSA) is 66.9 Å². The molecular weight excluding hydrogens is 384 g/mol. The van der Waals surface area contributed by atoms with Crippen LogP contribution >= 0.6 is 11.6 Å². The van der Waals surface area contributed by atoms with E-state index in [4.69, 9.17) is 11.6 Å². The fraction of sp³-hybridized carbons (Fsp3) is 0.0870. The van der Waals surface area contributed by atoms with E-state index in [-0.39, 0.29) is 5.82 Å².